The van der Waals surface area contributed by atoms with Gasteiger partial charge in [0.15, 0.2) is 11.4 Å². The van der Waals surface area contributed by atoms with Crippen molar-refractivity contribution in [2.24, 2.45) is 0 Å². The van der Waals surface area contributed by atoms with E-state index >= 15 is 0 Å². The molecule has 0 saturated heterocycles. The Morgan fingerprint density at radius 3 is 2.47 bits per heavy atom. The highest BCUT2D eigenvalue weighted by molar-refractivity contribution is 5.63. The Labute approximate surface area is 82.1 Å². The third-order valence-corrected chi connectivity index (χ3v) is 1.38. The van der Waals surface area contributed by atoms with Crippen molar-refractivity contribution in [3.05, 3.63) is 11.8 Å². The van der Waals surface area contributed by atoms with E-state index in [1.807, 2.05) is 0 Å². The molecule has 0 atom stereocenters. The highest BCUT2D eigenvalue weighted by atomic mass is 19.4. The van der Waals surface area contributed by atoms with Gasteiger partial charge < -0.3 is 16.2 Å². The number of alkyl halides is 3. The van der Waals surface area contributed by atoms with Gasteiger partial charge in [-0.05, 0) is 0 Å². The summed E-state index contributed by atoms with van der Waals surface area (Å²) in [7, 11) is 0. The predicted molar refractivity (Wildman–Crippen MR) is 44.5 cm³/mol. The summed E-state index contributed by atoms with van der Waals surface area (Å²) >= 11 is 0. The third-order valence-electron chi connectivity index (χ3n) is 1.38. The van der Waals surface area contributed by atoms with Gasteiger partial charge in [0.25, 0.3) is 0 Å². The maximum Gasteiger partial charge on any atom is 0.573 e. The Hall–Kier alpha value is -2.17. The van der Waals surface area contributed by atoms with Crippen molar-refractivity contribution in [3.63, 3.8) is 0 Å². The molecule has 15 heavy (non-hydrogen) atoms. The number of anilines is 2. The van der Waals surface area contributed by atoms with Gasteiger partial charge in [-0.15, -0.1) is 13.2 Å². The van der Waals surface area contributed by atoms with Crippen molar-refractivity contribution >= 4 is 11.5 Å². The second-order valence-electron chi connectivity index (χ2n) is 2.47. The van der Waals surface area contributed by atoms with Crippen LogP contribution in [0.1, 0.15) is 5.69 Å². The molecule has 0 unspecified atom stereocenters. The standard InChI is InChI=1S/C7H5F3N4O/c8-7(9,10)15-5-1-3(12)6(13)14-4(5)2-11/h1H,12H2,(H2,13,14). The summed E-state index contributed by atoms with van der Waals surface area (Å²) in [5, 5.41) is 8.47. The molecular formula is C7H5F3N4O. The van der Waals surface area contributed by atoms with Crippen LogP contribution in [0.25, 0.3) is 0 Å². The van der Waals surface area contributed by atoms with Crippen LogP contribution in [0.15, 0.2) is 6.07 Å². The molecule has 0 radical (unpaired) electrons. The molecule has 0 aromatic carbocycles. The number of aromatic nitrogens is 1. The van der Waals surface area contributed by atoms with Crippen LogP contribution in [0.5, 0.6) is 5.75 Å². The maximum absolute atomic E-state index is 11.9. The van der Waals surface area contributed by atoms with Crippen molar-refractivity contribution in [3.8, 4) is 11.8 Å². The third kappa shape index (κ3) is 2.63. The first kappa shape index (κ1) is 10.9. The molecule has 0 aliphatic carbocycles. The van der Waals surface area contributed by atoms with Crippen LogP contribution in [-0.2, 0) is 0 Å². The summed E-state index contributed by atoms with van der Waals surface area (Å²) in [5.41, 5.74) is 9.67. The summed E-state index contributed by atoms with van der Waals surface area (Å²) in [6.45, 7) is 0. The number of rotatable bonds is 1. The molecule has 5 nitrogen and oxygen atoms in total. The maximum atomic E-state index is 11.9. The number of pyridine rings is 1. The molecule has 0 amide bonds. The lowest BCUT2D eigenvalue weighted by Gasteiger charge is -2.10. The van der Waals surface area contributed by atoms with Crippen molar-refractivity contribution in [1.82, 2.24) is 4.98 Å². The quantitative estimate of drug-likeness (QED) is 0.733. The Balaban J connectivity index is 3.18. The van der Waals surface area contributed by atoms with Gasteiger partial charge >= 0.3 is 6.36 Å². The molecule has 0 fully saturated rings. The summed E-state index contributed by atoms with van der Waals surface area (Å²) < 4.78 is 39.1. The number of nitrogens with two attached hydrogens (primary N) is 2. The van der Waals surface area contributed by atoms with Gasteiger partial charge in [0.1, 0.15) is 11.9 Å². The van der Waals surface area contributed by atoms with Crippen LogP contribution in [0.2, 0.25) is 0 Å². The molecule has 80 valence electrons. The van der Waals surface area contributed by atoms with E-state index in [-0.39, 0.29) is 11.5 Å². The highest BCUT2D eigenvalue weighted by Crippen LogP contribution is 2.28. The van der Waals surface area contributed by atoms with Gasteiger partial charge in [-0.3, -0.25) is 0 Å². The highest BCUT2D eigenvalue weighted by Gasteiger charge is 2.32. The largest absolute Gasteiger partial charge is 0.573 e. The van der Waals surface area contributed by atoms with Crippen LogP contribution in [0.3, 0.4) is 0 Å². The molecule has 0 spiro atoms. The SMILES string of the molecule is N#Cc1nc(N)c(N)cc1OC(F)(F)F. The second kappa shape index (κ2) is 3.53. The Kier molecular flexibility index (Phi) is 2.57. The van der Waals surface area contributed by atoms with Gasteiger partial charge in [0, 0.05) is 6.07 Å². The molecular weight excluding hydrogens is 213 g/mol. The first-order chi connectivity index (χ1) is 6.83. The fourth-order valence-corrected chi connectivity index (χ4v) is 0.806. The van der Waals surface area contributed by atoms with E-state index in [2.05, 4.69) is 9.72 Å². The number of nitrogens with zero attached hydrogens (tertiary/aromatic N) is 2. The molecule has 8 heteroatoms. The molecule has 1 aromatic heterocycles. The molecule has 1 heterocycles. The smallest absolute Gasteiger partial charge is 0.403 e. The number of nitriles is 1. The summed E-state index contributed by atoms with van der Waals surface area (Å²) in [5.74, 6) is -0.988. The second-order valence-corrected chi connectivity index (χ2v) is 2.47. The number of hydrogen-bond acceptors (Lipinski definition) is 5. The van der Waals surface area contributed by atoms with Crippen LogP contribution in [0.4, 0.5) is 24.7 Å². The summed E-state index contributed by atoms with van der Waals surface area (Å²) in [6.07, 6.45) is -4.91. The van der Waals surface area contributed by atoms with E-state index in [1.54, 1.807) is 0 Å². The minimum Gasteiger partial charge on any atom is -0.403 e. The molecule has 0 aliphatic heterocycles. The fraction of sp³-hybridized carbons (Fsp3) is 0.143. The van der Waals surface area contributed by atoms with E-state index in [1.165, 1.54) is 6.07 Å². The Bertz CT molecular complexity index is 423. The fourth-order valence-electron chi connectivity index (χ4n) is 0.806. The number of hydrogen-bond donors (Lipinski definition) is 2. The van der Waals surface area contributed by atoms with Gasteiger partial charge in [-0.2, -0.15) is 5.26 Å². The lowest BCUT2D eigenvalue weighted by atomic mass is 10.3. The average molecular weight is 218 g/mol. The zero-order valence-corrected chi connectivity index (χ0v) is 7.17. The van der Waals surface area contributed by atoms with Crippen LogP contribution >= 0.6 is 0 Å². The van der Waals surface area contributed by atoms with Crippen molar-refractivity contribution in [2.75, 3.05) is 11.5 Å². The lowest BCUT2D eigenvalue weighted by molar-refractivity contribution is -0.274. The van der Waals surface area contributed by atoms with E-state index in [0.29, 0.717) is 0 Å². The lowest BCUT2D eigenvalue weighted by Crippen LogP contribution is -2.18. The molecule has 0 aliphatic rings. The van der Waals surface area contributed by atoms with Crippen LogP contribution in [0, 0.1) is 11.3 Å². The first-order valence-corrected chi connectivity index (χ1v) is 3.55. The van der Waals surface area contributed by atoms with Gasteiger partial charge in [0.2, 0.25) is 0 Å². The average Bonchev–Trinajstić information content (AvgIpc) is 2.08. The van der Waals surface area contributed by atoms with E-state index in [9.17, 15) is 13.2 Å². The van der Waals surface area contributed by atoms with Crippen molar-refractivity contribution in [2.45, 2.75) is 6.36 Å². The zero-order chi connectivity index (χ0) is 11.6. The first-order valence-electron chi connectivity index (χ1n) is 3.55. The monoisotopic (exact) mass is 218 g/mol. The van der Waals surface area contributed by atoms with Crippen molar-refractivity contribution in [1.29, 1.82) is 5.26 Å². The predicted octanol–water partition coefficient (Wildman–Crippen LogP) is 1.02. The molecule has 4 N–H and O–H groups in total. The van der Waals surface area contributed by atoms with Gasteiger partial charge in [-0.25, -0.2) is 4.98 Å². The zero-order valence-electron chi connectivity index (χ0n) is 7.17. The Morgan fingerprint density at radius 1 is 1.40 bits per heavy atom. The molecule has 0 saturated carbocycles. The topological polar surface area (TPSA) is 98.0 Å². The number of nitrogen functional groups attached to an aromatic ring is 2. The molecule has 0 bridgehead atoms. The minimum absolute atomic E-state index is 0.187. The molecule has 1 aromatic rings. The van der Waals surface area contributed by atoms with E-state index in [0.717, 1.165) is 6.07 Å². The van der Waals surface area contributed by atoms with Crippen LogP contribution < -0.4 is 16.2 Å². The van der Waals surface area contributed by atoms with E-state index < -0.39 is 17.8 Å². The number of ether oxygens (including phenoxy) is 1. The summed E-state index contributed by atoms with van der Waals surface area (Å²) in [6, 6.07) is 2.21. The van der Waals surface area contributed by atoms with Gasteiger partial charge in [0.05, 0.1) is 5.69 Å². The van der Waals surface area contributed by atoms with Gasteiger partial charge in [-0.1, -0.05) is 0 Å². The normalized spacial score (nSPS) is 10.8. The number of halogens is 3. The van der Waals surface area contributed by atoms with E-state index in [4.69, 9.17) is 16.7 Å². The molecule has 1 rings (SSSR count). The summed E-state index contributed by atoms with van der Waals surface area (Å²) in [4.78, 5) is 3.34. The minimum atomic E-state index is -4.91. The van der Waals surface area contributed by atoms with Crippen LogP contribution in [-0.4, -0.2) is 11.3 Å². The van der Waals surface area contributed by atoms with Crippen molar-refractivity contribution < 1.29 is 17.9 Å². The Morgan fingerprint density at radius 2 is 2.00 bits per heavy atom.